The minimum absolute atomic E-state index is 0.281. The summed E-state index contributed by atoms with van der Waals surface area (Å²) in [6.07, 6.45) is 0. The van der Waals surface area contributed by atoms with E-state index in [0.29, 0.717) is 17.1 Å². The van der Waals surface area contributed by atoms with Gasteiger partial charge in [0, 0.05) is 10.4 Å². The average molecular weight is 409 g/mol. The molecule has 0 unspecified atom stereocenters. The van der Waals surface area contributed by atoms with Crippen LogP contribution in [0.3, 0.4) is 0 Å². The van der Waals surface area contributed by atoms with Crippen molar-refractivity contribution in [3.05, 3.63) is 80.6 Å². The molecule has 0 fully saturated rings. The molecule has 2 heterocycles. The number of aromatic nitrogens is 2. The van der Waals surface area contributed by atoms with E-state index in [9.17, 15) is 14.9 Å². The first-order valence-electron chi connectivity index (χ1n) is 7.96. The number of amides is 1. The van der Waals surface area contributed by atoms with Gasteiger partial charge in [0.05, 0.1) is 17.3 Å². The van der Waals surface area contributed by atoms with Crippen molar-refractivity contribution < 1.29 is 4.79 Å². The Morgan fingerprint density at radius 1 is 1.08 bits per heavy atom. The first-order valence-corrected chi connectivity index (χ1v) is 8.75. The molecule has 4 rings (SSSR count). The Balaban J connectivity index is 1.96. The molecule has 0 saturated heterocycles. The minimum Gasteiger partial charge on any atom is -0.310 e. The van der Waals surface area contributed by atoms with Crippen LogP contribution in [0, 0.1) is 17.2 Å². The molecule has 128 valence electrons. The second-order valence-corrected chi connectivity index (χ2v) is 6.92. The first-order chi connectivity index (χ1) is 12.6. The maximum atomic E-state index is 13.1. The third-order valence-electron chi connectivity index (χ3n) is 4.46. The number of hydrogen-bond acceptors (Lipinski definition) is 3. The summed E-state index contributed by atoms with van der Waals surface area (Å²) < 4.78 is 2.20. The van der Waals surface area contributed by atoms with Crippen molar-refractivity contribution in [1.82, 2.24) is 9.78 Å². The summed E-state index contributed by atoms with van der Waals surface area (Å²) in [5, 5.41) is 15.2. The van der Waals surface area contributed by atoms with Gasteiger partial charge >= 0.3 is 0 Å². The fourth-order valence-electron chi connectivity index (χ4n) is 3.30. The number of anilines is 1. The van der Waals surface area contributed by atoms with Gasteiger partial charge in [-0.05, 0) is 29.8 Å². The molecule has 0 saturated carbocycles. The van der Waals surface area contributed by atoms with Gasteiger partial charge in [-0.25, -0.2) is 4.68 Å². The Labute approximate surface area is 157 Å². The van der Waals surface area contributed by atoms with E-state index in [2.05, 4.69) is 26.3 Å². The van der Waals surface area contributed by atoms with Gasteiger partial charge in [0.1, 0.15) is 11.7 Å². The summed E-state index contributed by atoms with van der Waals surface area (Å²) in [7, 11) is 0. The molecule has 1 aliphatic rings. The molecule has 2 aromatic carbocycles. The van der Waals surface area contributed by atoms with Gasteiger partial charge in [-0.1, -0.05) is 46.3 Å². The van der Waals surface area contributed by atoms with Crippen LogP contribution in [0.2, 0.25) is 0 Å². The molecule has 6 nitrogen and oxygen atoms in total. The standard InChI is InChI=1S/C19H13BrN4O2/c20-12-6-4-5-11(9-12)15-14(10-21)18(25)22-17-16(15)19(26)24(23-17)13-7-2-1-3-8-13/h1-9,14-15,23H,(H,22,25)/t14-,15+/m0/s1. The third kappa shape index (κ3) is 2.55. The number of hydrogen-bond donors (Lipinski definition) is 2. The van der Waals surface area contributed by atoms with Gasteiger partial charge in [0.2, 0.25) is 5.91 Å². The molecule has 0 spiro atoms. The van der Waals surface area contributed by atoms with E-state index in [1.54, 1.807) is 12.1 Å². The van der Waals surface area contributed by atoms with Gasteiger partial charge in [-0.2, -0.15) is 5.26 Å². The molecule has 0 bridgehead atoms. The number of H-pyrrole nitrogens is 1. The topological polar surface area (TPSA) is 90.7 Å². The van der Waals surface area contributed by atoms with E-state index in [1.807, 2.05) is 48.5 Å². The molecule has 0 radical (unpaired) electrons. The smallest absolute Gasteiger partial charge is 0.277 e. The Hall–Kier alpha value is -3.11. The van der Waals surface area contributed by atoms with Crippen LogP contribution in [-0.2, 0) is 4.79 Å². The fraction of sp³-hybridized carbons (Fsp3) is 0.105. The second kappa shape index (κ2) is 6.32. The maximum absolute atomic E-state index is 13.1. The van der Waals surface area contributed by atoms with E-state index in [1.165, 1.54) is 4.68 Å². The van der Waals surface area contributed by atoms with Gasteiger partial charge in [0.15, 0.2) is 0 Å². The highest BCUT2D eigenvalue weighted by Crippen LogP contribution is 2.38. The van der Waals surface area contributed by atoms with Gasteiger partial charge in [-0.3, -0.25) is 14.7 Å². The normalized spacial score (nSPS) is 18.7. The van der Waals surface area contributed by atoms with Crippen molar-refractivity contribution in [2.75, 3.05) is 5.32 Å². The number of para-hydroxylation sites is 1. The highest BCUT2D eigenvalue weighted by Gasteiger charge is 2.41. The molecule has 0 aliphatic carbocycles. The van der Waals surface area contributed by atoms with Crippen molar-refractivity contribution in [2.24, 2.45) is 5.92 Å². The van der Waals surface area contributed by atoms with Crippen molar-refractivity contribution in [3.8, 4) is 11.8 Å². The number of nitrogens with zero attached hydrogens (tertiary/aromatic N) is 2. The van der Waals surface area contributed by atoms with Crippen LogP contribution < -0.4 is 10.9 Å². The first kappa shape index (κ1) is 16.4. The van der Waals surface area contributed by atoms with Crippen LogP contribution in [0.4, 0.5) is 5.82 Å². The van der Waals surface area contributed by atoms with Crippen LogP contribution in [0.1, 0.15) is 17.0 Å². The predicted octanol–water partition coefficient (Wildman–Crippen LogP) is 3.15. The number of aromatic amines is 1. The van der Waals surface area contributed by atoms with Crippen LogP contribution in [0.15, 0.2) is 63.9 Å². The van der Waals surface area contributed by atoms with Crippen LogP contribution in [-0.4, -0.2) is 15.7 Å². The van der Waals surface area contributed by atoms with E-state index < -0.39 is 17.7 Å². The van der Waals surface area contributed by atoms with Crippen LogP contribution in [0.25, 0.3) is 5.69 Å². The zero-order chi connectivity index (χ0) is 18.3. The Kier molecular flexibility index (Phi) is 3.98. The minimum atomic E-state index is -0.982. The zero-order valence-electron chi connectivity index (χ0n) is 13.4. The Morgan fingerprint density at radius 2 is 1.85 bits per heavy atom. The summed E-state index contributed by atoms with van der Waals surface area (Å²) in [6.45, 7) is 0. The monoisotopic (exact) mass is 408 g/mol. The number of halogens is 1. The van der Waals surface area contributed by atoms with Crippen molar-refractivity contribution in [3.63, 3.8) is 0 Å². The third-order valence-corrected chi connectivity index (χ3v) is 4.96. The number of nitriles is 1. The highest BCUT2D eigenvalue weighted by atomic mass is 79.9. The summed E-state index contributed by atoms with van der Waals surface area (Å²) >= 11 is 3.41. The zero-order valence-corrected chi connectivity index (χ0v) is 15.0. The number of carbonyl (C=O) groups is 1. The van der Waals surface area contributed by atoms with Crippen molar-refractivity contribution in [2.45, 2.75) is 5.92 Å². The van der Waals surface area contributed by atoms with Gasteiger partial charge in [0.25, 0.3) is 5.56 Å². The predicted molar refractivity (Wildman–Crippen MR) is 100 cm³/mol. The fourth-order valence-corrected chi connectivity index (χ4v) is 3.72. The molecule has 26 heavy (non-hydrogen) atoms. The largest absolute Gasteiger partial charge is 0.310 e. The molecular formula is C19H13BrN4O2. The molecule has 2 N–H and O–H groups in total. The second-order valence-electron chi connectivity index (χ2n) is 6.01. The van der Waals surface area contributed by atoms with Gasteiger partial charge < -0.3 is 5.32 Å². The molecule has 7 heteroatoms. The molecule has 2 atom stereocenters. The van der Waals surface area contributed by atoms with Crippen molar-refractivity contribution >= 4 is 27.7 Å². The number of rotatable bonds is 2. The maximum Gasteiger partial charge on any atom is 0.277 e. The number of carbonyl (C=O) groups excluding carboxylic acids is 1. The lowest BCUT2D eigenvalue weighted by Gasteiger charge is -2.26. The lowest BCUT2D eigenvalue weighted by molar-refractivity contribution is -0.119. The molecular weight excluding hydrogens is 396 g/mol. The molecule has 1 aliphatic heterocycles. The molecule has 1 amide bonds. The number of benzene rings is 2. The van der Waals surface area contributed by atoms with E-state index in [0.717, 1.165) is 10.0 Å². The summed E-state index contributed by atoms with van der Waals surface area (Å²) in [4.78, 5) is 25.5. The lowest BCUT2D eigenvalue weighted by Crippen LogP contribution is -2.35. The average Bonchev–Trinajstić information content (AvgIpc) is 2.97. The lowest BCUT2D eigenvalue weighted by atomic mass is 9.79. The number of nitrogens with one attached hydrogen (secondary N) is 2. The SMILES string of the molecule is N#C[C@@H]1C(=O)Nc2[nH]n(-c3ccccc3)c(=O)c2[C@@H]1c1cccc(Br)c1. The summed E-state index contributed by atoms with van der Waals surface area (Å²) in [5.74, 6) is -1.72. The van der Waals surface area contributed by atoms with Crippen molar-refractivity contribution in [1.29, 1.82) is 5.26 Å². The Bertz CT molecular complexity index is 1090. The van der Waals surface area contributed by atoms with Gasteiger partial charge in [-0.15, -0.1) is 0 Å². The Morgan fingerprint density at radius 3 is 2.54 bits per heavy atom. The van der Waals surface area contributed by atoms with Crippen LogP contribution in [0.5, 0.6) is 0 Å². The van der Waals surface area contributed by atoms with E-state index in [4.69, 9.17) is 0 Å². The number of fused-ring (bicyclic) bond motifs is 1. The van der Waals surface area contributed by atoms with Crippen LogP contribution >= 0.6 is 15.9 Å². The molecule has 3 aromatic rings. The van der Waals surface area contributed by atoms with E-state index >= 15 is 0 Å². The highest BCUT2D eigenvalue weighted by molar-refractivity contribution is 9.10. The summed E-state index contributed by atoms with van der Waals surface area (Å²) in [5.41, 5.74) is 1.50. The van der Waals surface area contributed by atoms with E-state index in [-0.39, 0.29) is 5.56 Å². The summed E-state index contributed by atoms with van der Waals surface area (Å²) in [6, 6.07) is 18.5. The molecule has 1 aromatic heterocycles. The quantitative estimate of drug-likeness (QED) is 0.682.